The van der Waals surface area contributed by atoms with Crippen LogP contribution in [0.1, 0.15) is 98.3 Å². The standard InChI is InChI=1S/C27H44O2/c1-17(2)6-5-7-18(3)21-8-9-22-20-14-24(29)27-15-19(27)10-13-26(27,16-28)23(20)11-12-25(21,22)4/h16-24,29H,5-15H2,1-4H3/t18-,19?,20+,21-,22+,23+,24-,25-,26+,27?/m1/s1. The molecule has 0 saturated heterocycles. The molecule has 0 aliphatic heterocycles. The molecule has 0 aromatic heterocycles. The third kappa shape index (κ3) is 2.60. The summed E-state index contributed by atoms with van der Waals surface area (Å²) in [5, 5.41) is 11.3. The van der Waals surface area contributed by atoms with Gasteiger partial charge in [-0.3, -0.25) is 0 Å². The number of hydrogen-bond donors (Lipinski definition) is 1. The highest BCUT2D eigenvalue weighted by Gasteiger charge is 2.79. The normalized spacial score (nSPS) is 53.7. The van der Waals surface area contributed by atoms with Crippen LogP contribution in [0.2, 0.25) is 0 Å². The van der Waals surface area contributed by atoms with Crippen molar-refractivity contribution < 1.29 is 9.90 Å². The zero-order valence-corrected chi connectivity index (χ0v) is 19.3. The molecule has 0 aromatic carbocycles. The molecule has 29 heavy (non-hydrogen) atoms. The number of fused-ring (bicyclic) bond motifs is 4. The molecule has 2 nitrogen and oxygen atoms in total. The van der Waals surface area contributed by atoms with Crippen LogP contribution in [0.3, 0.4) is 0 Å². The molecule has 5 rings (SSSR count). The fourth-order valence-corrected chi connectivity index (χ4v) is 10.2. The lowest BCUT2D eigenvalue weighted by Gasteiger charge is -2.59. The van der Waals surface area contributed by atoms with Gasteiger partial charge in [0.25, 0.3) is 0 Å². The van der Waals surface area contributed by atoms with Crippen LogP contribution in [0.5, 0.6) is 0 Å². The molecule has 0 amide bonds. The fourth-order valence-electron chi connectivity index (χ4n) is 10.2. The second kappa shape index (κ2) is 6.81. The van der Waals surface area contributed by atoms with Gasteiger partial charge in [-0.2, -0.15) is 0 Å². The lowest BCUT2D eigenvalue weighted by atomic mass is 9.45. The zero-order valence-electron chi connectivity index (χ0n) is 19.3. The summed E-state index contributed by atoms with van der Waals surface area (Å²) in [7, 11) is 0. The summed E-state index contributed by atoms with van der Waals surface area (Å²) in [6.07, 6.45) is 14.9. The summed E-state index contributed by atoms with van der Waals surface area (Å²) in [5.74, 6) is 5.01. The molecule has 5 aliphatic rings. The average molecular weight is 401 g/mol. The molecule has 1 spiro atoms. The Bertz CT molecular complexity index is 657. The molecule has 5 saturated carbocycles. The van der Waals surface area contributed by atoms with Crippen molar-refractivity contribution in [2.45, 2.75) is 104 Å². The lowest BCUT2D eigenvalue weighted by molar-refractivity contribution is -0.165. The molecule has 10 atom stereocenters. The van der Waals surface area contributed by atoms with E-state index in [4.69, 9.17) is 0 Å². The highest BCUT2D eigenvalue weighted by atomic mass is 16.3. The van der Waals surface area contributed by atoms with E-state index in [-0.39, 0.29) is 16.9 Å². The lowest BCUT2D eigenvalue weighted by Crippen LogP contribution is -2.58. The van der Waals surface area contributed by atoms with Crippen molar-refractivity contribution >= 4 is 6.29 Å². The molecule has 5 aliphatic carbocycles. The zero-order chi connectivity index (χ0) is 20.6. The van der Waals surface area contributed by atoms with Crippen molar-refractivity contribution in [3.05, 3.63) is 0 Å². The summed E-state index contributed by atoms with van der Waals surface area (Å²) >= 11 is 0. The topological polar surface area (TPSA) is 37.3 Å². The molecule has 0 bridgehead atoms. The van der Waals surface area contributed by atoms with Crippen LogP contribution in [0, 0.1) is 57.7 Å². The monoisotopic (exact) mass is 400 g/mol. The van der Waals surface area contributed by atoms with Gasteiger partial charge in [0.05, 0.1) is 6.10 Å². The second-order valence-corrected chi connectivity index (χ2v) is 12.8. The van der Waals surface area contributed by atoms with E-state index in [9.17, 15) is 9.90 Å². The van der Waals surface area contributed by atoms with E-state index >= 15 is 0 Å². The Hall–Kier alpha value is -0.370. The molecule has 1 N–H and O–H groups in total. The summed E-state index contributed by atoms with van der Waals surface area (Å²) in [4.78, 5) is 12.6. The van der Waals surface area contributed by atoms with Gasteiger partial charge in [-0.1, -0.05) is 47.0 Å². The average Bonchev–Trinajstić information content (AvgIpc) is 3.16. The molecular weight excluding hydrogens is 356 g/mol. The molecule has 0 aromatic rings. The molecule has 0 radical (unpaired) electrons. The largest absolute Gasteiger partial charge is 0.392 e. The van der Waals surface area contributed by atoms with E-state index in [1.54, 1.807) is 0 Å². The smallest absolute Gasteiger partial charge is 0.127 e. The van der Waals surface area contributed by atoms with Crippen LogP contribution in [0.4, 0.5) is 0 Å². The maximum atomic E-state index is 12.6. The van der Waals surface area contributed by atoms with Gasteiger partial charge < -0.3 is 9.90 Å². The minimum absolute atomic E-state index is 0.00813. The Morgan fingerprint density at radius 3 is 2.52 bits per heavy atom. The van der Waals surface area contributed by atoms with Crippen LogP contribution in [-0.4, -0.2) is 17.5 Å². The Balaban J connectivity index is 1.37. The Kier molecular flexibility index (Phi) is 4.82. The van der Waals surface area contributed by atoms with E-state index in [0.717, 1.165) is 42.9 Å². The summed E-state index contributed by atoms with van der Waals surface area (Å²) < 4.78 is 0. The molecule has 164 valence electrons. The van der Waals surface area contributed by atoms with Gasteiger partial charge in [-0.05, 0) is 98.2 Å². The van der Waals surface area contributed by atoms with E-state index < -0.39 is 0 Å². The maximum Gasteiger partial charge on any atom is 0.127 e. The number of carbonyl (C=O) groups excluding carboxylic acids is 1. The van der Waals surface area contributed by atoms with E-state index in [1.165, 1.54) is 57.7 Å². The molecule has 2 heteroatoms. The predicted octanol–water partition coefficient (Wildman–Crippen LogP) is 6.26. The van der Waals surface area contributed by atoms with Crippen LogP contribution in [0.15, 0.2) is 0 Å². The van der Waals surface area contributed by atoms with Gasteiger partial charge in [0.1, 0.15) is 6.29 Å². The first-order valence-corrected chi connectivity index (χ1v) is 12.9. The quantitative estimate of drug-likeness (QED) is 0.534. The third-order valence-electron chi connectivity index (χ3n) is 11.5. The van der Waals surface area contributed by atoms with Crippen LogP contribution in [-0.2, 0) is 4.79 Å². The molecule has 0 heterocycles. The van der Waals surface area contributed by atoms with Crippen molar-refractivity contribution in [3.63, 3.8) is 0 Å². The fraction of sp³-hybridized carbons (Fsp3) is 0.963. The number of rotatable bonds is 6. The highest BCUT2D eigenvalue weighted by molar-refractivity contribution is 5.66. The Morgan fingerprint density at radius 2 is 1.83 bits per heavy atom. The van der Waals surface area contributed by atoms with Gasteiger partial charge in [-0.25, -0.2) is 0 Å². The third-order valence-corrected chi connectivity index (χ3v) is 11.5. The van der Waals surface area contributed by atoms with Crippen molar-refractivity contribution in [2.24, 2.45) is 57.7 Å². The van der Waals surface area contributed by atoms with Gasteiger partial charge in [0.15, 0.2) is 0 Å². The minimum atomic E-state index is -0.216. The molecular formula is C27H44O2. The number of aldehydes is 1. The van der Waals surface area contributed by atoms with Gasteiger partial charge in [0, 0.05) is 10.8 Å². The van der Waals surface area contributed by atoms with Crippen molar-refractivity contribution in [1.29, 1.82) is 0 Å². The maximum absolute atomic E-state index is 12.6. The summed E-state index contributed by atoms with van der Waals surface area (Å²) in [5.41, 5.74) is 0.252. The Labute approximate surface area is 178 Å². The number of aliphatic hydroxyl groups excluding tert-OH is 1. The summed E-state index contributed by atoms with van der Waals surface area (Å²) in [6.45, 7) is 9.81. The first-order valence-electron chi connectivity index (χ1n) is 12.9. The van der Waals surface area contributed by atoms with Gasteiger partial charge >= 0.3 is 0 Å². The van der Waals surface area contributed by atoms with Gasteiger partial charge in [-0.15, -0.1) is 0 Å². The second-order valence-electron chi connectivity index (χ2n) is 12.8. The van der Waals surface area contributed by atoms with E-state index in [1.807, 2.05) is 0 Å². The highest BCUT2D eigenvalue weighted by Crippen LogP contribution is 2.81. The van der Waals surface area contributed by atoms with Gasteiger partial charge in [0.2, 0.25) is 0 Å². The SMILES string of the molecule is CC(C)CCC[C@@H](C)[C@H]1CC[C@H]2[C@@H]3C[C@@H](O)C45CC4CC[C@]5(C=O)[C@H]3CC[C@]12C. The van der Waals surface area contributed by atoms with Crippen LogP contribution >= 0.6 is 0 Å². The van der Waals surface area contributed by atoms with Crippen LogP contribution < -0.4 is 0 Å². The number of carbonyl (C=O) groups is 1. The summed E-state index contributed by atoms with van der Waals surface area (Å²) in [6, 6.07) is 0. The first-order chi connectivity index (χ1) is 13.8. The van der Waals surface area contributed by atoms with Crippen molar-refractivity contribution in [2.75, 3.05) is 0 Å². The Morgan fingerprint density at radius 1 is 1.03 bits per heavy atom. The first kappa shape index (κ1) is 20.5. The molecule has 2 unspecified atom stereocenters. The minimum Gasteiger partial charge on any atom is -0.392 e. The number of aliphatic hydroxyl groups is 1. The van der Waals surface area contributed by atoms with Crippen molar-refractivity contribution in [3.8, 4) is 0 Å². The molecule has 5 fully saturated rings. The predicted molar refractivity (Wildman–Crippen MR) is 117 cm³/mol. The van der Waals surface area contributed by atoms with E-state index in [0.29, 0.717) is 23.2 Å². The van der Waals surface area contributed by atoms with Crippen molar-refractivity contribution in [1.82, 2.24) is 0 Å². The van der Waals surface area contributed by atoms with E-state index in [2.05, 4.69) is 27.7 Å². The number of hydrogen-bond acceptors (Lipinski definition) is 2. The van der Waals surface area contributed by atoms with Crippen LogP contribution in [0.25, 0.3) is 0 Å².